The SMILES string of the molecule is CC(C)CCNC(=O)[C@H](CC(C)C)NC(=O)[C@H]1N2C(=O)c3ccccc3[C@@H]2SC1(C)C. The number of carbonyl (C=O) groups is 3. The van der Waals surface area contributed by atoms with Crippen LogP contribution in [0, 0.1) is 11.8 Å². The van der Waals surface area contributed by atoms with Gasteiger partial charge in [-0.1, -0.05) is 45.9 Å². The van der Waals surface area contributed by atoms with Gasteiger partial charge in [0.2, 0.25) is 11.8 Å². The van der Waals surface area contributed by atoms with Gasteiger partial charge < -0.3 is 15.5 Å². The average molecular weight is 446 g/mol. The van der Waals surface area contributed by atoms with Gasteiger partial charge in [-0.3, -0.25) is 14.4 Å². The quantitative estimate of drug-likeness (QED) is 0.639. The van der Waals surface area contributed by atoms with E-state index >= 15 is 0 Å². The molecule has 0 radical (unpaired) electrons. The first kappa shape index (κ1) is 23.6. The fourth-order valence-corrected chi connectivity index (χ4v) is 5.95. The molecule has 3 atom stereocenters. The number of carbonyl (C=O) groups excluding carboxylic acids is 3. The zero-order chi connectivity index (χ0) is 22.9. The van der Waals surface area contributed by atoms with Crippen molar-refractivity contribution in [2.45, 2.75) is 76.6 Å². The molecule has 1 fully saturated rings. The summed E-state index contributed by atoms with van der Waals surface area (Å²) < 4.78 is -0.464. The normalized spacial score (nSPS) is 22.5. The van der Waals surface area contributed by atoms with Gasteiger partial charge >= 0.3 is 0 Å². The number of fused-ring (bicyclic) bond motifs is 3. The molecule has 6 nitrogen and oxygen atoms in total. The number of amides is 3. The van der Waals surface area contributed by atoms with E-state index in [1.165, 1.54) is 0 Å². The topological polar surface area (TPSA) is 78.5 Å². The second kappa shape index (κ2) is 9.23. The Labute approximate surface area is 189 Å². The van der Waals surface area contributed by atoms with Crippen LogP contribution in [-0.2, 0) is 9.59 Å². The summed E-state index contributed by atoms with van der Waals surface area (Å²) in [6.07, 6.45) is 1.44. The van der Waals surface area contributed by atoms with Gasteiger partial charge in [0.15, 0.2) is 0 Å². The van der Waals surface area contributed by atoms with Crippen molar-refractivity contribution < 1.29 is 14.4 Å². The third kappa shape index (κ3) is 4.92. The van der Waals surface area contributed by atoms with Gasteiger partial charge in [-0.2, -0.15) is 0 Å². The molecule has 2 heterocycles. The molecule has 1 aromatic rings. The summed E-state index contributed by atoms with van der Waals surface area (Å²) in [5.41, 5.74) is 1.63. The Balaban J connectivity index is 1.78. The first-order valence-corrected chi connectivity index (χ1v) is 12.1. The highest BCUT2D eigenvalue weighted by molar-refractivity contribution is 8.01. The molecule has 0 unspecified atom stereocenters. The maximum atomic E-state index is 13.5. The zero-order valence-corrected chi connectivity index (χ0v) is 20.2. The predicted molar refractivity (Wildman–Crippen MR) is 125 cm³/mol. The number of benzene rings is 1. The second-order valence-electron chi connectivity index (χ2n) is 9.94. The number of thioether (sulfide) groups is 1. The third-order valence-corrected chi connectivity index (χ3v) is 7.44. The Hall–Kier alpha value is -2.02. The lowest BCUT2D eigenvalue weighted by atomic mass is 9.98. The summed E-state index contributed by atoms with van der Waals surface area (Å²) in [5.74, 6) is 0.220. The first-order valence-electron chi connectivity index (χ1n) is 11.2. The maximum Gasteiger partial charge on any atom is 0.256 e. The predicted octanol–water partition coefficient (Wildman–Crippen LogP) is 3.73. The molecule has 170 valence electrons. The van der Waals surface area contributed by atoms with Crippen LogP contribution < -0.4 is 10.6 Å². The molecule has 31 heavy (non-hydrogen) atoms. The molecule has 0 saturated carbocycles. The molecular formula is C24H35N3O3S. The average Bonchev–Trinajstić information content (AvgIpc) is 3.10. The second-order valence-corrected chi connectivity index (χ2v) is 11.7. The van der Waals surface area contributed by atoms with Crippen LogP contribution in [0.2, 0.25) is 0 Å². The van der Waals surface area contributed by atoms with Crippen molar-refractivity contribution in [2.24, 2.45) is 11.8 Å². The minimum Gasteiger partial charge on any atom is -0.354 e. The van der Waals surface area contributed by atoms with Crippen LogP contribution in [0.25, 0.3) is 0 Å². The van der Waals surface area contributed by atoms with Crippen molar-refractivity contribution in [3.63, 3.8) is 0 Å². The van der Waals surface area contributed by atoms with Gasteiger partial charge in [-0.15, -0.1) is 11.8 Å². The summed E-state index contributed by atoms with van der Waals surface area (Å²) in [6, 6.07) is 6.31. The molecule has 3 amide bonds. The highest BCUT2D eigenvalue weighted by Gasteiger charge is 2.57. The van der Waals surface area contributed by atoms with Crippen LogP contribution >= 0.6 is 11.8 Å². The van der Waals surface area contributed by atoms with Crippen LogP contribution in [-0.4, -0.2) is 46.0 Å². The Morgan fingerprint density at radius 1 is 1.13 bits per heavy atom. The Kier molecular flexibility index (Phi) is 7.04. The largest absolute Gasteiger partial charge is 0.354 e. The summed E-state index contributed by atoms with van der Waals surface area (Å²) in [6.45, 7) is 12.9. The third-order valence-electron chi connectivity index (χ3n) is 5.91. The molecule has 1 aromatic carbocycles. The van der Waals surface area contributed by atoms with E-state index in [0.29, 0.717) is 24.4 Å². The van der Waals surface area contributed by atoms with E-state index in [1.54, 1.807) is 16.7 Å². The molecule has 2 N–H and O–H groups in total. The molecule has 2 aliphatic heterocycles. The van der Waals surface area contributed by atoms with E-state index in [-0.39, 0.29) is 29.0 Å². The van der Waals surface area contributed by atoms with Gasteiger partial charge in [0, 0.05) is 16.9 Å². The van der Waals surface area contributed by atoms with Crippen molar-refractivity contribution >= 4 is 29.5 Å². The smallest absolute Gasteiger partial charge is 0.256 e. The molecule has 3 rings (SSSR count). The maximum absolute atomic E-state index is 13.5. The van der Waals surface area contributed by atoms with Crippen LogP contribution in [0.1, 0.15) is 75.7 Å². The van der Waals surface area contributed by atoms with Crippen LogP contribution in [0.4, 0.5) is 0 Å². The number of hydrogen-bond donors (Lipinski definition) is 2. The fraction of sp³-hybridized carbons (Fsp3) is 0.625. The number of nitrogens with one attached hydrogen (secondary N) is 2. The monoisotopic (exact) mass is 445 g/mol. The highest BCUT2D eigenvalue weighted by atomic mass is 32.2. The summed E-state index contributed by atoms with van der Waals surface area (Å²) in [5, 5.41) is 5.78. The molecule has 0 bridgehead atoms. The number of nitrogens with zero attached hydrogens (tertiary/aromatic N) is 1. The van der Waals surface area contributed by atoms with Gasteiger partial charge in [0.25, 0.3) is 5.91 Å². The van der Waals surface area contributed by atoms with Gasteiger partial charge in [0.1, 0.15) is 17.5 Å². The van der Waals surface area contributed by atoms with Crippen molar-refractivity contribution in [2.75, 3.05) is 6.54 Å². The van der Waals surface area contributed by atoms with Crippen LogP contribution in [0.3, 0.4) is 0 Å². The Morgan fingerprint density at radius 3 is 2.45 bits per heavy atom. The van der Waals surface area contributed by atoms with E-state index in [1.807, 2.05) is 52.0 Å². The lowest BCUT2D eigenvalue weighted by Crippen LogP contribution is -2.57. The minimum absolute atomic E-state index is 0.111. The van der Waals surface area contributed by atoms with Crippen LogP contribution in [0.15, 0.2) is 24.3 Å². The summed E-state index contributed by atoms with van der Waals surface area (Å²) in [4.78, 5) is 41.2. The first-order chi connectivity index (χ1) is 14.5. The summed E-state index contributed by atoms with van der Waals surface area (Å²) >= 11 is 1.63. The molecule has 0 aliphatic carbocycles. The van der Waals surface area contributed by atoms with E-state index in [9.17, 15) is 14.4 Å². The lowest BCUT2D eigenvalue weighted by Gasteiger charge is -2.31. The molecule has 2 aliphatic rings. The van der Waals surface area contributed by atoms with Crippen LogP contribution in [0.5, 0.6) is 0 Å². The number of rotatable bonds is 8. The molecule has 0 aromatic heterocycles. The standard InChI is InChI=1S/C24H35N3O3S/c1-14(2)11-12-25-20(28)18(13-15(3)4)26-21(29)19-24(5,6)31-23-17-10-8-7-9-16(17)22(30)27(19)23/h7-10,14-15,18-19,23H,11-13H2,1-6H3,(H,25,28)(H,26,29)/t18-,19+,23-/m0/s1. The van der Waals surface area contributed by atoms with Gasteiger partial charge in [0.05, 0.1) is 0 Å². The van der Waals surface area contributed by atoms with E-state index < -0.39 is 16.8 Å². The van der Waals surface area contributed by atoms with Crippen molar-refractivity contribution in [3.05, 3.63) is 35.4 Å². The molecule has 0 spiro atoms. The van der Waals surface area contributed by atoms with E-state index in [4.69, 9.17) is 0 Å². The molecular weight excluding hydrogens is 410 g/mol. The van der Waals surface area contributed by atoms with Crippen molar-refractivity contribution in [1.29, 1.82) is 0 Å². The molecule has 7 heteroatoms. The molecule has 1 saturated heterocycles. The Bertz CT molecular complexity index is 852. The van der Waals surface area contributed by atoms with E-state index in [2.05, 4.69) is 24.5 Å². The highest BCUT2D eigenvalue weighted by Crippen LogP contribution is 2.56. The van der Waals surface area contributed by atoms with Gasteiger partial charge in [-0.05, 0) is 50.2 Å². The van der Waals surface area contributed by atoms with Crippen molar-refractivity contribution in [1.82, 2.24) is 15.5 Å². The number of hydrogen-bond acceptors (Lipinski definition) is 4. The fourth-order valence-electron chi connectivity index (χ4n) is 4.37. The zero-order valence-electron chi connectivity index (χ0n) is 19.4. The Morgan fingerprint density at radius 2 is 1.81 bits per heavy atom. The lowest BCUT2D eigenvalue weighted by molar-refractivity contribution is -0.132. The minimum atomic E-state index is -0.638. The van der Waals surface area contributed by atoms with Crippen molar-refractivity contribution in [3.8, 4) is 0 Å². The van der Waals surface area contributed by atoms with Gasteiger partial charge in [-0.25, -0.2) is 0 Å². The van der Waals surface area contributed by atoms with E-state index in [0.717, 1.165) is 12.0 Å². The summed E-state index contributed by atoms with van der Waals surface area (Å²) in [7, 11) is 0.